The molecule has 0 aliphatic heterocycles. The number of benzene rings is 2. The third-order valence-electron chi connectivity index (χ3n) is 3.95. The highest BCUT2D eigenvalue weighted by Gasteiger charge is 2.17. The molecule has 0 bridgehead atoms. The second-order valence-corrected chi connectivity index (χ2v) is 6.54. The van der Waals surface area contributed by atoms with Crippen molar-refractivity contribution in [3.05, 3.63) is 76.2 Å². The molecule has 0 spiro atoms. The van der Waals surface area contributed by atoms with E-state index < -0.39 is 0 Å². The summed E-state index contributed by atoms with van der Waals surface area (Å²) >= 11 is 7.50. The fraction of sp³-hybridized carbons (Fsp3) is 0. The number of fused-ring (bicyclic) bond motifs is 1. The first-order valence-corrected chi connectivity index (χ1v) is 8.77. The largest absolute Gasteiger partial charge is 0.412 e. The average molecular weight is 405 g/mol. The Labute approximate surface area is 163 Å². The van der Waals surface area contributed by atoms with Gasteiger partial charge in [0, 0.05) is 16.7 Å². The van der Waals surface area contributed by atoms with E-state index in [-0.39, 0.29) is 16.5 Å². The Morgan fingerprint density at radius 2 is 1.74 bits per heavy atom. The number of nitrogens with zero attached hydrogens (tertiary/aromatic N) is 2. The van der Waals surface area contributed by atoms with Crippen LogP contribution >= 0.6 is 23.5 Å². The molecule has 0 aliphatic carbocycles. The number of halogens is 1. The van der Waals surface area contributed by atoms with Gasteiger partial charge in [-0.15, -0.1) is 0 Å². The number of H-pyrrole nitrogens is 1. The Hall–Kier alpha value is -2.62. The summed E-state index contributed by atoms with van der Waals surface area (Å²) in [5, 5.41) is 11.3. The number of hydrogen-bond donors (Lipinski definition) is 2. The van der Waals surface area contributed by atoms with Crippen molar-refractivity contribution in [2.45, 2.75) is 4.90 Å². The van der Waals surface area contributed by atoms with E-state index in [2.05, 4.69) is 10.1 Å². The zero-order valence-electron chi connectivity index (χ0n) is 13.9. The smallest absolute Gasteiger partial charge is 0.259 e. The Kier molecular flexibility index (Phi) is 6.42. The molecule has 7 N–H and O–H groups in total. The van der Waals surface area contributed by atoms with Crippen LogP contribution in [0.15, 0.2) is 70.5 Å². The number of rotatable bonds is 3. The molecule has 140 valence electrons. The molecule has 0 fully saturated rings. The highest BCUT2D eigenvalue weighted by Crippen LogP contribution is 2.30. The van der Waals surface area contributed by atoms with E-state index in [1.807, 2.05) is 48.5 Å². The van der Waals surface area contributed by atoms with Gasteiger partial charge < -0.3 is 15.9 Å². The number of pyridine rings is 1. The lowest BCUT2D eigenvalue weighted by molar-refractivity contribution is 0.823. The van der Waals surface area contributed by atoms with Crippen molar-refractivity contribution in [1.82, 2.24) is 14.8 Å². The molecule has 27 heavy (non-hydrogen) atoms. The van der Waals surface area contributed by atoms with Crippen LogP contribution in [0, 0.1) is 0 Å². The van der Waals surface area contributed by atoms with Gasteiger partial charge in [-0.2, -0.15) is 5.10 Å². The van der Waals surface area contributed by atoms with Crippen LogP contribution in [0.4, 0.5) is 0 Å². The minimum Gasteiger partial charge on any atom is -0.412 e. The SMILES string of the molecule is NSc1ccc(-c2nn(-c3ccccc3Cl)c3cc[nH]c(=O)c23)cc1.O.O. The molecule has 9 heteroatoms. The number of hydrogen-bond acceptors (Lipinski definition) is 4. The van der Waals surface area contributed by atoms with E-state index in [0.29, 0.717) is 21.6 Å². The molecule has 0 saturated carbocycles. The predicted octanol–water partition coefficient (Wildman–Crippen LogP) is 2.35. The number of nitrogens with one attached hydrogen (secondary N) is 1. The molecule has 2 aromatic heterocycles. The van der Waals surface area contributed by atoms with Crippen LogP contribution in [-0.2, 0) is 0 Å². The van der Waals surface area contributed by atoms with E-state index >= 15 is 0 Å². The van der Waals surface area contributed by atoms with E-state index in [1.165, 1.54) is 11.9 Å². The van der Waals surface area contributed by atoms with Gasteiger partial charge in [-0.25, -0.2) is 4.68 Å². The maximum Gasteiger partial charge on any atom is 0.259 e. The molecular weight excluding hydrogens is 388 g/mol. The highest BCUT2D eigenvalue weighted by atomic mass is 35.5. The van der Waals surface area contributed by atoms with Crippen LogP contribution in [0.3, 0.4) is 0 Å². The van der Waals surface area contributed by atoms with Crippen molar-refractivity contribution in [2.75, 3.05) is 0 Å². The second kappa shape index (κ2) is 8.38. The Morgan fingerprint density at radius 1 is 1.04 bits per heavy atom. The predicted molar refractivity (Wildman–Crippen MR) is 109 cm³/mol. The number of aromatic amines is 1. The van der Waals surface area contributed by atoms with Gasteiger partial charge in [-0.3, -0.25) is 9.93 Å². The number of aromatic nitrogens is 3. The van der Waals surface area contributed by atoms with Crippen LogP contribution in [0.2, 0.25) is 5.02 Å². The number of nitrogens with two attached hydrogens (primary N) is 1. The van der Waals surface area contributed by atoms with Crippen LogP contribution in [-0.4, -0.2) is 25.7 Å². The molecule has 0 saturated heterocycles. The topological polar surface area (TPSA) is 140 Å². The summed E-state index contributed by atoms with van der Waals surface area (Å²) in [5.41, 5.74) is 2.67. The second-order valence-electron chi connectivity index (χ2n) is 5.42. The van der Waals surface area contributed by atoms with Gasteiger partial charge in [-0.1, -0.05) is 35.9 Å². The lowest BCUT2D eigenvalue weighted by atomic mass is 10.1. The molecule has 2 heterocycles. The zero-order chi connectivity index (χ0) is 17.4. The van der Waals surface area contributed by atoms with Crippen molar-refractivity contribution in [2.24, 2.45) is 5.14 Å². The van der Waals surface area contributed by atoms with Crippen molar-refractivity contribution in [1.29, 1.82) is 0 Å². The van der Waals surface area contributed by atoms with Crippen LogP contribution in [0.1, 0.15) is 0 Å². The molecule has 7 nitrogen and oxygen atoms in total. The van der Waals surface area contributed by atoms with E-state index in [0.717, 1.165) is 16.1 Å². The monoisotopic (exact) mass is 404 g/mol. The lowest BCUT2D eigenvalue weighted by Gasteiger charge is -2.05. The summed E-state index contributed by atoms with van der Waals surface area (Å²) in [7, 11) is 0. The Bertz CT molecular complexity index is 1130. The molecule has 0 atom stereocenters. The van der Waals surface area contributed by atoms with Gasteiger partial charge in [0.15, 0.2) is 0 Å². The summed E-state index contributed by atoms with van der Waals surface area (Å²) < 4.78 is 1.70. The van der Waals surface area contributed by atoms with Gasteiger partial charge in [0.2, 0.25) is 0 Å². The first-order chi connectivity index (χ1) is 12.2. The standard InChI is InChI=1S/C18H13ClN4OS.2H2O/c19-13-3-1-2-4-14(13)23-15-9-10-21-18(24)16(15)17(22-23)11-5-7-12(25-20)8-6-11;;/h1-10H,20H2,(H,21,24);2*1H2. The third kappa shape index (κ3) is 3.61. The minimum atomic E-state index is -0.192. The van der Waals surface area contributed by atoms with Crippen molar-refractivity contribution >= 4 is 34.5 Å². The summed E-state index contributed by atoms with van der Waals surface area (Å²) in [6.07, 6.45) is 1.61. The summed E-state index contributed by atoms with van der Waals surface area (Å²) in [6.45, 7) is 0. The van der Waals surface area contributed by atoms with E-state index in [4.69, 9.17) is 16.7 Å². The molecule has 0 unspecified atom stereocenters. The normalized spacial score (nSPS) is 10.3. The lowest BCUT2D eigenvalue weighted by Crippen LogP contribution is -2.05. The number of para-hydroxylation sites is 1. The van der Waals surface area contributed by atoms with Gasteiger partial charge in [0.05, 0.1) is 21.6 Å². The summed E-state index contributed by atoms with van der Waals surface area (Å²) in [4.78, 5) is 16.1. The van der Waals surface area contributed by atoms with Crippen molar-refractivity contribution < 1.29 is 11.0 Å². The maximum atomic E-state index is 12.5. The Morgan fingerprint density at radius 3 is 2.41 bits per heavy atom. The molecule has 4 aromatic rings. The van der Waals surface area contributed by atoms with Gasteiger partial charge in [-0.05, 0) is 42.3 Å². The molecule has 4 rings (SSSR count). The summed E-state index contributed by atoms with van der Waals surface area (Å²) in [5.74, 6) is 0. The van der Waals surface area contributed by atoms with Crippen molar-refractivity contribution in [3.63, 3.8) is 0 Å². The van der Waals surface area contributed by atoms with E-state index in [9.17, 15) is 4.79 Å². The Balaban J connectivity index is 0.00000131. The average Bonchev–Trinajstić information content (AvgIpc) is 3.03. The van der Waals surface area contributed by atoms with Crippen molar-refractivity contribution in [3.8, 4) is 16.9 Å². The summed E-state index contributed by atoms with van der Waals surface area (Å²) in [6, 6.07) is 16.8. The first kappa shape index (κ1) is 20.7. The minimum absolute atomic E-state index is 0. The van der Waals surface area contributed by atoms with Gasteiger partial charge in [0.25, 0.3) is 5.56 Å². The first-order valence-electron chi connectivity index (χ1n) is 7.51. The molecule has 0 amide bonds. The fourth-order valence-corrected chi connectivity index (χ4v) is 3.29. The van der Waals surface area contributed by atoms with Crippen LogP contribution in [0.5, 0.6) is 0 Å². The van der Waals surface area contributed by atoms with E-state index in [1.54, 1.807) is 16.9 Å². The molecule has 0 aliphatic rings. The third-order valence-corrected chi connectivity index (χ3v) is 4.81. The fourth-order valence-electron chi connectivity index (χ4n) is 2.78. The molecular formula is C18H17ClN4O3S. The molecule has 2 aromatic carbocycles. The highest BCUT2D eigenvalue weighted by molar-refractivity contribution is 7.97. The van der Waals surface area contributed by atoms with Crippen LogP contribution in [0.25, 0.3) is 27.8 Å². The van der Waals surface area contributed by atoms with Gasteiger partial charge in [0.1, 0.15) is 5.69 Å². The van der Waals surface area contributed by atoms with Gasteiger partial charge >= 0.3 is 0 Å². The maximum absolute atomic E-state index is 12.5. The quantitative estimate of drug-likeness (QED) is 0.505. The zero-order valence-corrected chi connectivity index (χ0v) is 15.5. The molecule has 0 radical (unpaired) electrons. The van der Waals surface area contributed by atoms with Crippen LogP contribution < -0.4 is 10.7 Å².